The third-order valence-electron chi connectivity index (χ3n) is 5.33. The van der Waals surface area contributed by atoms with Crippen molar-refractivity contribution in [1.82, 2.24) is 14.5 Å². The highest BCUT2D eigenvalue weighted by atomic mass is 16.6. The number of esters is 1. The first-order chi connectivity index (χ1) is 18.9. The maximum Gasteiger partial charge on any atom is 0.308 e. The SMILES string of the molecule is CC.CC(C)C=O.COC.COc1nc(NC(=O)C(C)C)nc2c1c(C)cn2C1CCC(COC(=O)C(C)C)O1. The van der Waals surface area contributed by atoms with Crippen molar-refractivity contribution in [3.8, 4) is 5.88 Å². The Bertz CT molecular complexity index is 1050. The molecule has 0 spiro atoms. The molecule has 1 N–H and O–H groups in total. The van der Waals surface area contributed by atoms with Crippen LogP contribution in [-0.4, -0.2) is 66.7 Å². The van der Waals surface area contributed by atoms with Crippen LogP contribution < -0.4 is 10.1 Å². The fraction of sp³-hybridized carbons (Fsp3) is 0.690. The van der Waals surface area contributed by atoms with Crippen LogP contribution in [0.1, 0.15) is 80.0 Å². The number of hydrogen-bond donors (Lipinski definition) is 1. The van der Waals surface area contributed by atoms with E-state index in [2.05, 4.69) is 20.0 Å². The van der Waals surface area contributed by atoms with Gasteiger partial charge in [0, 0.05) is 32.3 Å². The molecule has 0 aromatic carbocycles. The Labute approximate surface area is 239 Å². The van der Waals surface area contributed by atoms with Crippen molar-refractivity contribution in [3.63, 3.8) is 0 Å². The number of carbonyl (C=O) groups excluding carboxylic acids is 3. The fourth-order valence-electron chi connectivity index (χ4n) is 3.33. The lowest BCUT2D eigenvalue weighted by Gasteiger charge is -2.17. The molecule has 0 aliphatic carbocycles. The number of ether oxygens (including phenoxy) is 4. The van der Waals surface area contributed by atoms with Gasteiger partial charge in [0.15, 0.2) is 5.65 Å². The van der Waals surface area contributed by atoms with Gasteiger partial charge >= 0.3 is 5.97 Å². The molecule has 2 unspecified atom stereocenters. The molecule has 3 rings (SSSR count). The second-order valence-electron chi connectivity index (χ2n) is 9.98. The van der Waals surface area contributed by atoms with E-state index in [0.29, 0.717) is 11.5 Å². The summed E-state index contributed by atoms with van der Waals surface area (Å²) in [5.41, 5.74) is 1.57. The molecular weight excluding hydrogens is 516 g/mol. The minimum Gasteiger partial charge on any atom is -0.480 e. The fourth-order valence-corrected chi connectivity index (χ4v) is 3.33. The van der Waals surface area contributed by atoms with Crippen molar-refractivity contribution in [3.05, 3.63) is 11.8 Å². The molecule has 2 aromatic heterocycles. The Kier molecular flexibility index (Phi) is 17.6. The van der Waals surface area contributed by atoms with Gasteiger partial charge in [0.2, 0.25) is 17.7 Å². The average Bonchev–Trinajstić information content (AvgIpc) is 3.52. The number of anilines is 1. The second kappa shape index (κ2) is 19.1. The van der Waals surface area contributed by atoms with Gasteiger partial charge in [-0.3, -0.25) is 14.9 Å². The molecule has 0 saturated carbocycles. The topological polar surface area (TPSA) is 131 Å². The number of nitrogens with zero attached hydrogens (tertiary/aromatic N) is 3. The van der Waals surface area contributed by atoms with Crippen LogP contribution in [0.2, 0.25) is 0 Å². The highest BCUT2D eigenvalue weighted by Crippen LogP contribution is 2.36. The number of fused-ring (bicyclic) bond motifs is 1. The lowest BCUT2D eigenvalue weighted by Crippen LogP contribution is -2.22. The monoisotopic (exact) mass is 566 g/mol. The van der Waals surface area contributed by atoms with E-state index in [1.54, 1.807) is 41.9 Å². The molecule has 0 radical (unpaired) electrons. The number of carbonyl (C=O) groups is 3. The Morgan fingerprint density at radius 2 is 1.65 bits per heavy atom. The second-order valence-corrected chi connectivity index (χ2v) is 9.98. The van der Waals surface area contributed by atoms with Gasteiger partial charge in [-0.25, -0.2) is 0 Å². The van der Waals surface area contributed by atoms with E-state index in [-0.39, 0.29) is 54.5 Å². The molecule has 1 saturated heterocycles. The Hall–Kier alpha value is -3.05. The minimum atomic E-state index is -0.253. The number of nitrogens with one attached hydrogen (secondary N) is 1. The normalized spacial score (nSPS) is 15.9. The molecule has 228 valence electrons. The predicted molar refractivity (Wildman–Crippen MR) is 156 cm³/mol. The van der Waals surface area contributed by atoms with E-state index in [1.807, 2.05) is 45.4 Å². The van der Waals surface area contributed by atoms with Gasteiger partial charge in [-0.15, -0.1) is 0 Å². The zero-order chi connectivity index (χ0) is 31.0. The summed E-state index contributed by atoms with van der Waals surface area (Å²) in [7, 11) is 4.79. The first-order valence-corrected chi connectivity index (χ1v) is 13.8. The largest absolute Gasteiger partial charge is 0.480 e. The summed E-state index contributed by atoms with van der Waals surface area (Å²) in [6.07, 6.45) is 3.97. The Balaban J connectivity index is 0.00000132. The highest BCUT2D eigenvalue weighted by Gasteiger charge is 2.30. The van der Waals surface area contributed by atoms with Crippen molar-refractivity contribution in [1.29, 1.82) is 0 Å². The van der Waals surface area contributed by atoms with Crippen LogP contribution >= 0.6 is 0 Å². The minimum absolute atomic E-state index is 0.165. The van der Waals surface area contributed by atoms with Crippen LogP contribution in [0.3, 0.4) is 0 Å². The van der Waals surface area contributed by atoms with E-state index in [1.165, 1.54) is 7.11 Å². The van der Waals surface area contributed by atoms with Crippen LogP contribution in [-0.2, 0) is 28.6 Å². The zero-order valence-corrected chi connectivity index (χ0v) is 26.4. The molecule has 1 aliphatic heterocycles. The predicted octanol–water partition coefficient (Wildman–Crippen LogP) is 5.35. The Morgan fingerprint density at radius 3 is 2.12 bits per heavy atom. The summed E-state index contributed by atoms with van der Waals surface area (Å²) < 4.78 is 23.1. The van der Waals surface area contributed by atoms with Gasteiger partial charge in [0.25, 0.3) is 0 Å². The van der Waals surface area contributed by atoms with Crippen molar-refractivity contribution in [2.75, 3.05) is 33.3 Å². The molecule has 1 amide bonds. The van der Waals surface area contributed by atoms with Crippen LogP contribution in [0, 0.1) is 24.7 Å². The Morgan fingerprint density at radius 1 is 1.07 bits per heavy atom. The summed E-state index contributed by atoms with van der Waals surface area (Å²) in [5, 5.41) is 3.51. The average molecular weight is 567 g/mol. The summed E-state index contributed by atoms with van der Waals surface area (Å²) in [5.74, 6) is 0.0318. The van der Waals surface area contributed by atoms with E-state index in [4.69, 9.17) is 14.2 Å². The van der Waals surface area contributed by atoms with Gasteiger partial charge < -0.3 is 28.3 Å². The van der Waals surface area contributed by atoms with Crippen molar-refractivity contribution >= 4 is 35.1 Å². The molecule has 11 heteroatoms. The number of amides is 1. The summed E-state index contributed by atoms with van der Waals surface area (Å²) in [6, 6.07) is 0. The van der Waals surface area contributed by atoms with Gasteiger partial charge in [0.05, 0.1) is 24.5 Å². The first-order valence-electron chi connectivity index (χ1n) is 13.8. The lowest BCUT2D eigenvalue weighted by atomic mass is 10.2. The number of hydrogen-bond acceptors (Lipinski definition) is 9. The highest BCUT2D eigenvalue weighted by molar-refractivity contribution is 5.92. The van der Waals surface area contributed by atoms with Gasteiger partial charge in [-0.2, -0.15) is 9.97 Å². The number of aryl methyl sites for hydroxylation is 1. The van der Waals surface area contributed by atoms with Crippen molar-refractivity contribution in [2.24, 2.45) is 17.8 Å². The lowest BCUT2D eigenvalue weighted by molar-refractivity contribution is -0.152. The standard InChI is InChI=1S/C21H30N4O5.C4H8O.C2H6O.C2H6/c1-11(2)18(26)23-21-22-17-16(19(24-21)28-6)13(5)9-25(17)15-8-7-14(30-15)10-29-20(27)12(3)4;1-4(2)3-5;1-3-2;1-2/h9,11-12,14-15H,7-8,10H2,1-6H3,(H,22,23,24,26);3-4H,1-2H3;1-2H3;1-2H3. The summed E-state index contributed by atoms with van der Waals surface area (Å²) >= 11 is 0. The van der Waals surface area contributed by atoms with Crippen molar-refractivity contribution in [2.45, 2.75) is 87.5 Å². The third kappa shape index (κ3) is 11.6. The van der Waals surface area contributed by atoms with E-state index < -0.39 is 0 Å². The third-order valence-corrected chi connectivity index (χ3v) is 5.33. The smallest absolute Gasteiger partial charge is 0.308 e. The van der Waals surface area contributed by atoms with Gasteiger partial charge in [-0.05, 0) is 25.3 Å². The van der Waals surface area contributed by atoms with Crippen molar-refractivity contribution < 1.29 is 33.3 Å². The summed E-state index contributed by atoms with van der Waals surface area (Å²) in [4.78, 5) is 42.3. The van der Waals surface area contributed by atoms with Crippen LogP contribution in [0.5, 0.6) is 5.88 Å². The molecule has 1 aliphatic rings. The molecule has 2 atom stereocenters. The molecular formula is C29H50N4O7. The summed E-state index contributed by atoms with van der Waals surface area (Å²) in [6.45, 7) is 17.1. The van der Waals surface area contributed by atoms with Gasteiger partial charge in [0.1, 0.15) is 19.1 Å². The number of aldehydes is 1. The quantitative estimate of drug-likeness (QED) is 0.332. The maximum absolute atomic E-state index is 12.1. The van der Waals surface area contributed by atoms with Crippen LogP contribution in [0.25, 0.3) is 11.0 Å². The molecule has 1 fully saturated rings. The molecule has 2 aromatic rings. The number of rotatable bonds is 8. The number of methoxy groups -OCH3 is 2. The van der Waals surface area contributed by atoms with E-state index in [0.717, 1.165) is 30.1 Å². The van der Waals surface area contributed by atoms with E-state index >= 15 is 0 Å². The van der Waals surface area contributed by atoms with Crippen LogP contribution in [0.15, 0.2) is 6.20 Å². The molecule has 11 nitrogen and oxygen atoms in total. The van der Waals surface area contributed by atoms with Crippen LogP contribution in [0.4, 0.5) is 5.95 Å². The van der Waals surface area contributed by atoms with E-state index in [9.17, 15) is 14.4 Å². The maximum atomic E-state index is 12.1. The first kappa shape index (κ1) is 37.0. The molecule has 40 heavy (non-hydrogen) atoms. The zero-order valence-electron chi connectivity index (χ0n) is 26.4. The molecule has 0 bridgehead atoms. The molecule has 3 heterocycles. The van der Waals surface area contributed by atoms with Gasteiger partial charge in [-0.1, -0.05) is 55.4 Å². The number of aromatic nitrogens is 3.